The van der Waals surface area contributed by atoms with Gasteiger partial charge in [-0.3, -0.25) is 10.1 Å². The Morgan fingerprint density at radius 2 is 2.39 bits per heavy atom. The molecule has 18 heavy (non-hydrogen) atoms. The summed E-state index contributed by atoms with van der Waals surface area (Å²) in [5.41, 5.74) is 0.0346. The third-order valence-corrected chi connectivity index (χ3v) is 3.24. The van der Waals surface area contributed by atoms with Crippen LogP contribution >= 0.6 is 15.9 Å². The van der Waals surface area contributed by atoms with Crippen LogP contribution in [0.25, 0.3) is 0 Å². The second kappa shape index (κ2) is 5.62. The highest BCUT2D eigenvalue weighted by molar-refractivity contribution is 9.10. The number of rotatable bonds is 6. The van der Waals surface area contributed by atoms with Crippen LogP contribution in [-0.2, 0) is 4.74 Å². The molecule has 0 N–H and O–H groups in total. The van der Waals surface area contributed by atoms with E-state index in [0.717, 1.165) is 12.8 Å². The highest BCUT2D eigenvalue weighted by Crippen LogP contribution is 2.36. The van der Waals surface area contributed by atoms with Crippen molar-refractivity contribution in [3.63, 3.8) is 0 Å². The Labute approximate surface area is 113 Å². The maximum atomic E-state index is 11.1. The summed E-state index contributed by atoms with van der Waals surface area (Å²) < 4.78 is 5.66. The van der Waals surface area contributed by atoms with Gasteiger partial charge in [0.25, 0.3) is 0 Å². The summed E-state index contributed by atoms with van der Waals surface area (Å²) in [7, 11) is 1.62. The molecule has 7 heteroatoms. The van der Waals surface area contributed by atoms with Crippen molar-refractivity contribution in [2.24, 2.45) is 0 Å². The number of methoxy groups -OCH3 is 1. The van der Waals surface area contributed by atoms with Crippen LogP contribution in [0.4, 0.5) is 11.5 Å². The van der Waals surface area contributed by atoms with E-state index in [-0.39, 0.29) is 5.69 Å². The van der Waals surface area contributed by atoms with E-state index in [2.05, 4.69) is 20.9 Å². The molecule has 0 spiro atoms. The van der Waals surface area contributed by atoms with Gasteiger partial charge in [0.2, 0.25) is 5.82 Å². The predicted molar refractivity (Wildman–Crippen MR) is 70.8 cm³/mol. The fraction of sp³-hybridized carbons (Fsp3) is 0.545. The lowest BCUT2D eigenvalue weighted by molar-refractivity contribution is -0.384. The molecule has 1 heterocycles. The van der Waals surface area contributed by atoms with Crippen LogP contribution < -0.4 is 4.90 Å². The first-order valence-corrected chi connectivity index (χ1v) is 6.48. The van der Waals surface area contributed by atoms with Gasteiger partial charge in [-0.1, -0.05) is 0 Å². The number of ether oxygens (including phenoxy) is 1. The summed E-state index contributed by atoms with van der Waals surface area (Å²) in [6.07, 6.45) is 3.70. The molecule has 0 aliphatic heterocycles. The van der Waals surface area contributed by atoms with E-state index in [9.17, 15) is 10.1 Å². The molecule has 1 saturated carbocycles. The fourth-order valence-corrected chi connectivity index (χ4v) is 2.13. The van der Waals surface area contributed by atoms with Gasteiger partial charge in [-0.2, -0.15) is 0 Å². The first kappa shape index (κ1) is 13.2. The number of nitrogens with zero attached hydrogens (tertiary/aromatic N) is 3. The number of nitro groups is 1. The normalized spacial score (nSPS) is 14.6. The van der Waals surface area contributed by atoms with Crippen molar-refractivity contribution < 1.29 is 9.66 Å². The smallest absolute Gasteiger partial charge is 0.312 e. The van der Waals surface area contributed by atoms with Crippen molar-refractivity contribution in [2.45, 2.75) is 18.9 Å². The fourth-order valence-electron chi connectivity index (χ4n) is 1.81. The van der Waals surface area contributed by atoms with Gasteiger partial charge in [0.1, 0.15) is 0 Å². The molecular formula is C11H14BrN3O3. The largest absolute Gasteiger partial charge is 0.383 e. The maximum Gasteiger partial charge on any atom is 0.312 e. The molecule has 98 valence electrons. The van der Waals surface area contributed by atoms with Gasteiger partial charge < -0.3 is 9.64 Å². The monoisotopic (exact) mass is 315 g/mol. The number of hydrogen-bond acceptors (Lipinski definition) is 5. The molecule has 1 aliphatic carbocycles. The van der Waals surface area contributed by atoms with Gasteiger partial charge in [-0.15, -0.1) is 0 Å². The van der Waals surface area contributed by atoms with Crippen LogP contribution in [0.1, 0.15) is 12.8 Å². The summed E-state index contributed by atoms with van der Waals surface area (Å²) in [4.78, 5) is 16.9. The minimum atomic E-state index is -0.394. The maximum absolute atomic E-state index is 11.1. The summed E-state index contributed by atoms with van der Waals surface area (Å²) in [5.74, 6) is 0.433. The van der Waals surface area contributed by atoms with E-state index >= 15 is 0 Å². The summed E-state index contributed by atoms with van der Waals surface area (Å²) in [6.45, 7) is 1.15. The molecule has 2 rings (SSSR count). The topological polar surface area (TPSA) is 68.5 Å². The molecule has 6 nitrogen and oxygen atoms in total. The van der Waals surface area contributed by atoms with Gasteiger partial charge in [-0.25, -0.2) is 4.98 Å². The number of anilines is 1. The van der Waals surface area contributed by atoms with E-state index in [4.69, 9.17) is 4.74 Å². The van der Waals surface area contributed by atoms with Gasteiger partial charge in [0.05, 0.1) is 11.5 Å². The van der Waals surface area contributed by atoms with Crippen molar-refractivity contribution in [2.75, 3.05) is 25.2 Å². The molecule has 1 aromatic rings. The standard InChI is InChI=1S/C11H14BrN3O3/c1-18-5-4-14(9-2-3-9)11-10(15(16)17)6-8(12)7-13-11/h6-7,9H,2-5H2,1H3. The van der Waals surface area contributed by atoms with E-state index in [1.165, 1.54) is 6.07 Å². The summed E-state index contributed by atoms with van der Waals surface area (Å²) in [6, 6.07) is 1.84. The SMILES string of the molecule is COCCN(c1ncc(Br)cc1[N+](=O)[O-])C1CC1. The zero-order valence-electron chi connectivity index (χ0n) is 10.0. The molecule has 0 unspecified atom stereocenters. The van der Waals surface area contributed by atoms with Gasteiger partial charge >= 0.3 is 5.69 Å². The van der Waals surface area contributed by atoms with Crippen molar-refractivity contribution >= 4 is 27.4 Å². The molecule has 1 fully saturated rings. The van der Waals surface area contributed by atoms with Crippen molar-refractivity contribution in [3.8, 4) is 0 Å². The number of hydrogen-bond donors (Lipinski definition) is 0. The molecule has 0 amide bonds. The van der Waals surface area contributed by atoms with Crippen LogP contribution in [0.3, 0.4) is 0 Å². The lowest BCUT2D eigenvalue weighted by atomic mass is 10.3. The lowest BCUT2D eigenvalue weighted by Crippen LogP contribution is -2.30. The average molecular weight is 316 g/mol. The Morgan fingerprint density at radius 1 is 1.67 bits per heavy atom. The Morgan fingerprint density at radius 3 is 2.94 bits per heavy atom. The Balaban J connectivity index is 2.30. The van der Waals surface area contributed by atoms with Crippen LogP contribution in [0, 0.1) is 10.1 Å². The number of aromatic nitrogens is 1. The lowest BCUT2D eigenvalue weighted by Gasteiger charge is -2.22. The molecule has 1 aliphatic rings. The second-order valence-corrected chi connectivity index (χ2v) is 5.09. The zero-order valence-corrected chi connectivity index (χ0v) is 11.6. The number of pyridine rings is 1. The molecule has 0 radical (unpaired) electrons. The van der Waals surface area contributed by atoms with Crippen LogP contribution in [-0.4, -0.2) is 36.2 Å². The third-order valence-electron chi connectivity index (χ3n) is 2.81. The first-order valence-electron chi connectivity index (χ1n) is 5.69. The number of halogens is 1. The van der Waals surface area contributed by atoms with Gasteiger partial charge in [-0.05, 0) is 28.8 Å². The highest BCUT2D eigenvalue weighted by Gasteiger charge is 2.33. The first-order chi connectivity index (χ1) is 8.63. The van der Waals surface area contributed by atoms with Crippen molar-refractivity contribution in [1.82, 2.24) is 4.98 Å². The molecular weight excluding hydrogens is 302 g/mol. The van der Waals surface area contributed by atoms with E-state index in [0.29, 0.717) is 29.5 Å². The van der Waals surface area contributed by atoms with E-state index in [1.54, 1.807) is 13.3 Å². The Hall–Kier alpha value is -1.21. The summed E-state index contributed by atoms with van der Waals surface area (Å²) in [5, 5.41) is 11.1. The molecule has 1 aromatic heterocycles. The minimum Gasteiger partial charge on any atom is -0.383 e. The predicted octanol–water partition coefficient (Wildman–Crippen LogP) is 2.37. The molecule has 0 bridgehead atoms. The zero-order chi connectivity index (χ0) is 13.1. The van der Waals surface area contributed by atoms with Crippen LogP contribution in [0.15, 0.2) is 16.7 Å². The van der Waals surface area contributed by atoms with E-state index < -0.39 is 4.92 Å². The second-order valence-electron chi connectivity index (χ2n) is 4.17. The van der Waals surface area contributed by atoms with Crippen molar-refractivity contribution in [3.05, 3.63) is 26.9 Å². The molecule has 0 aromatic carbocycles. The summed E-state index contributed by atoms with van der Waals surface area (Å²) >= 11 is 3.21. The van der Waals surface area contributed by atoms with Gasteiger partial charge in [0, 0.05) is 36.4 Å². The third kappa shape index (κ3) is 2.97. The minimum absolute atomic E-state index is 0.0346. The van der Waals surface area contributed by atoms with Gasteiger partial charge in [0.15, 0.2) is 0 Å². The van der Waals surface area contributed by atoms with Crippen LogP contribution in [0.5, 0.6) is 0 Å². The van der Waals surface area contributed by atoms with Crippen LogP contribution in [0.2, 0.25) is 0 Å². The quantitative estimate of drug-likeness (QED) is 0.595. The molecule has 0 saturated heterocycles. The Kier molecular flexibility index (Phi) is 4.13. The van der Waals surface area contributed by atoms with Crippen molar-refractivity contribution in [1.29, 1.82) is 0 Å². The highest BCUT2D eigenvalue weighted by atomic mass is 79.9. The Bertz CT molecular complexity index is 451. The van der Waals surface area contributed by atoms with E-state index in [1.807, 2.05) is 4.90 Å². The average Bonchev–Trinajstić information content (AvgIpc) is 3.15. The molecule has 0 atom stereocenters.